The molecule has 4 heteroatoms. The number of nitrogens with zero attached hydrogens (tertiary/aromatic N) is 1. The maximum Gasteiger partial charge on any atom is 0.179 e. The van der Waals surface area contributed by atoms with Crippen molar-refractivity contribution < 1.29 is 13.9 Å². The molecule has 0 fully saturated rings. The fourth-order valence-electron chi connectivity index (χ4n) is 1.33. The fourth-order valence-corrected chi connectivity index (χ4v) is 1.33. The molecule has 2 rings (SSSR count). The predicted molar refractivity (Wildman–Crippen MR) is 48.1 cm³/mol. The van der Waals surface area contributed by atoms with Gasteiger partial charge in [0.15, 0.2) is 11.6 Å². The van der Waals surface area contributed by atoms with E-state index < -0.39 is 17.4 Å². The third kappa shape index (κ3) is 1.11. The van der Waals surface area contributed by atoms with E-state index in [4.69, 9.17) is 0 Å². The van der Waals surface area contributed by atoms with Crippen LogP contribution in [-0.4, -0.2) is 10.1 Å². The average Bonchev–Trinajstić information content (AvgIpc) is 2.14. The van der Waals surface area contributed by atoms with Crippen LogP contribution in [0.1, 0.15) is 5.69 Å². The Morgan fingerprint density at radius 3 is 2.71 bits per heavy atom. The first-order chi connectivity index (χ1) is 6.61. The third-order valence-electron chi connectivity index (χ3n) is 2.05. The van der Waals surface area contributed by atoms with E-state index in [9.17, 15) is 13.9 Å². The minimum atomic E-state index is -0.953. The number of benzene rings is 1. The lowest BCUT2D eigenvalue weighted by molar-refractivity contribution is 0.428. The molecule has 1 aromatic carbocycles. The Morgan fingerprint density at radius 2 is 2.00 bits per heavy atom. The van der Waals surface area contributed by atoms with Crippen molar-refractivity contribution in [1.29, 1.82) is 0 Å². The van der Waals surface area contributed by atoms with Gasteiger partial charge in [-0.15, -0.1) is 0 Å². The topological polar surface area (TPSA) is 33.1 Å². The molecule has 0 saturated carbocycles. The molecule has 0 spiro atoms. The third-order valence-corrected chi connectivity index (χ3v) is 2.05. The van der Waals surface area contributed by atoms with Gasteiger partial charge in [-0.3, -0.25) is 0 Å². The number of aromatic hydroxyl groups is 1. The van der Waals surface area contributed by atoms with Gasteiger partial charge < -0.3 is 5.11 Å². The van der Waals surface area contributed by atoms with Gasteiger partial charge >= 0.3 is 0 Å². The zero-order chi connectivity index (χ0) is 10.3. The van der Waals surface area contributed by atoms with Crippen molar-refractivity contribution in [3.05, 3.63) is 35.5 Å². The normalized spacial score (nSPS) is 10.8. The maximum absolute atomic E-state index is 13.4. The smallest absolute Gasteiger partial charge is 0.179 e. The van der Waals surface area contributed by atoms with Crippen LogP contribution in [0.25, 0.3) is 10.9 Å². The molecular weight excluding hydrogens is 188 g/mol. The lowest BCUT2D eigenvalue weighted by Crippen LogP contribution is -1.92. The zero-order valence-electron chi connectivity index (χ0n) is 7.38. The molecule has 0 amide bonds. The van der Waals surface area contributed by atoms with Gasteiger partial charge in [0.2, 0.25) is 0 Å². The van der Waals surface area contributed by atoms with E-state index in [0.717, 1.165) is 6.07 Å². The predicted octanol–water partition coefficient (Wildman–Crippen LogP) is 2.53. The van der Waals surface area contributed by atoms with Crippen molar-refractivity contribution in [2.75, 3.05) is 0 Å². The molecule has 2 aromatic rings. The first-order valence-corrected chi connectivity index (χ1v) is 4.04. The summed E-state index contributed by atoms with van der Waals surface area (Å²) in [4.78, 5) is 3.87. The first kappa shape index (κ1) is 8.87. The van der Waals surface area contributed by atoms with E-state index in [1.807, 2.05) is 0 Å². The van der Waals surface area contributed by atoms with Crippen LogP contribution in [0.4, 0.5) is 8.78 Å². The van der Waals surface area contributed by atoms with E-state index in [-0.39, 0.29) is 16.6 Å². The van der Waals surface area contributed by atoms with Gasteiger partial charge in [-0.05, 0) is 19.1 Å². The average molecular weight is 195 g/mol. The summed E-state index contributed by atoms with van der Waals surface area (Å²) < 4.78 is 26.6. The maximum atomic E-state index is 13.4. The number of halogens is 2. The number of pyridine rings is 1. The van der Waals surface area contributed by atoms with Gasteiger partial charge in [0.05, 0.1) is 16.6 Å². The number of fused-ring (bicyclic) bond motifs is 1. The Hall–Kier alpha value is -1.71. The van der Waals surface area contributed by atoms with E-state index in [1.54, 1.807) is 0 Å². The number of hydrogen-bond acceptors (Lipinski definition) is 2. The highest BCUT2D eigenvalue weighted by Gasteiger charge is 2.14. The van der Waals surface area contributed by atoms with Crippen molar-refractivity contribution in [2.45, 2.75) is 6.92 Å². The monoisotopic (exact) mass is 195 g/mol. The molecule has 2 nitrogen and oxygen atoms in total. The SMILES string of the molecule is Cc1nc2cccc(F)c2c(F)c1O. The van der Waals surface area contributed by atoms with Gasteiger partial charge in [0, 0.05) is 0 Å². The molecule has 1 aromatic heterocycles. The summed E-state index contributed by atoms with van der Waals surface area (Å²) >= 11 is 0. The molecular formula is C10H7F2NO. The van der Waals surface area contributed by atoms with Crippen molar-refractivity contribution in [2.24, 2.45) is 0 Å². The Balaban J connectivity index is 2.99. The quantitative estimate of drug-likeness (QED) is 0.700. The molecule has 0 radical (unpaired) electrons. The highest BCUT2D eigenvalue weighted by Crippen LogP contribution is 2.28. The van der Waals surface area contributed by atoms with Crippen LogP contribution in [0.15, 0.2) is 18.2 Å². The number of aromatic nitrogens is 1. The first-order valence-electron chi connectivity index (χ1n) is 4.04. The highest BCUT2D eigenvalue weighted by atomic mass is 19.1. The van der Waals surface area contributed by atoms with Crippen LogP contribution >= 0.6 is 0 Å². The molecule has 0 aliphatic rings. The Kier molecular flexibility index (Phi) is 1.84. The summed E-state index contributed by atoms with van der Waals surface area (Å²) in [6.45, 7) is 1.46. The number of hydrogen-bond donors (Lipinski definition) is 1. The van der Waals surface area contributed by atoms with Gasteiger partial charge in [-0.2, -0.15) is 0 Å². The summed E-state index contributed by atoms with van der Waals surface area (Å²) in [5, 5.41) is 8.96. The molecule has 0 aliphatic carbocycles. The Bertz CT molecular complexity index is 511. The van der Waals surface area contributed by atoms with Crippen LogP contribution in [-0.2, 0) is 0 Å². The van der Waals surface area contributed by atoms with E-state index in [2.05, 4.69) is 4.98 Å². The van der Waals surface area contributed by atoms with Crippen molar-refractivity contribution >= 4 is 10.9 Å². The summed E-state index contributed by atoms with van der Waals surface area (Å²) in [6, 6.07) is 4.07. The van der Waals surface area contributed by atoms with Crippen molar-refractivity contribution in [3.63, 3.8) is 0 Å². The molecule has 0 bridgehead atoms. The summed E-state index contributed by atoms with van der Waals surface area (Å²) in [6.07, 6.45) is 0. The van der Waals surface area contributed by atoms with Crippen LogP contribution in [0.2, 0.25) is 0 Å². The van der Waals surface area contributed by atoms with Gasteiger partial charge in [0.1, 0.15) is 5.82 Å². The second-order valence-electron chi connectivity index (χ2n) is 2.99. The Labute approximate surface area is 78.8 Å². The summed E-state index contributed by atoms with van der Waals surface area (Å²) in [7, 11) is 0. The molecule has 0 saturated heterocycles. The van der Waals surface area contributed by atoms with Gasteiger partial charge in [0.25, 0.3) is 0 Å². The minimum absolute atomic E-state index is 0.153. The van der Waals surface area contributed by atoms with Crippen LogP contribution < -0.4 is 0 Å². The lowest BCUT2D eigenvalue weighted by atomic mass is 10.1. The molecule has 0 atom stereocenters. The standard InChI is InChI=1S/C10H7F2NO/c1-5-10(14)9(12)8-6(11)3-2-4-7(8)13-5/h2-4,14H,1H3. The van der Waals surface area contributed by atoms with E-state index >= 15 is 0 Å². The summed E-state index contributed by atoms with van der Waals surface area (Å²) in [5.74, 6) is -2.27. The van der Waals surface area contributed by atoms with Crippen LogP contribution in [0, 0.1) is 18.6 Å². The van der Waals surface area contributed by atoms with Crippen LogP contribution in [0.3, 0.4) is 0 Å². The Morgan fingerprint density at radius 1 is 1.29 bits per heavy atom. The second kappa shape index (κ2) is 2.90. The minimum Gasteiger partial charge on any atom is -0.504 e. The summed E-state index contributed by atoms with van der Waals surface area (Å²) in [5.41, 5.74) is 0.360. The molecule has 72 valence electrons. The second-order valence-corrected chi connectivity index (χ2v) is 2.99. The molecule has 1 N–H and O–H groups in total. The van der Waals surface area contributed by atoms with Crippen LogP contribution in [0.5, 0.6) is 5.75 Å². The fraction of sp³-hybridized carbons (Fsp3) is 0.100. The molecule has 0 aliphatic heterocycles. The molecule has 0 unspecified atom stereocenters. The van der Waals surface area contributed by atoms with E-state index in [0.29, 0.717) is 0 Å². The van der Waals surface area contributed by atoms with Crippen molar-refractivity contribution in [1.82, 2.24) is 4.98 Å². The molecule has 1 heterocycles. The lowest BCUT2D eigenvalue weighted by Gasteiger charge is -2.04. The molecule has 14 heavy (non-hydrogen) atoms. The zero-order valence-corrected chi connectivity index (χ0v) is 7.38. The number of aryl methyl sites for hydroxylation is 1. The highest BCUT2D eigenvalue weighted by molar-refractivity contribution is 5.81. The van der Waals surface area contributed by atoms with Gasteiger partial charge in [-0.1, -0.05) is 6.07 Å². The van der Waals surface area contributed by atoms with Crippen molar-refractivity contribution in [3.8, 4) is 5.75 Å². The largest absolute Gasteiger partial charge is 0.504 e. The number of rotatable bonds is 0. The van der Waals surface area contributed by atoms with E-state index in [1.165, 1.54) is 19.1 Å². The van der Waals surface area contributed by atoms with Gasteiger partial charge in [-0.25, -0.2) is 13.8 Å².